The molecule has 2 aliphatic rings. The van der Waals surface area contributed by atoms with E-state index < -0.39 is 5.60 Å². The van der Waals surface area contributed by atoms with Crippen LogP contribution in [0.3, 0.4) is 0 Å². The number of Topliss-reactive ketones (excluding diaryl/α,β-unsaturated/α-hetero) is 1. The molecule has 1 aromatic rings. The summed E-state index contributed by atoms with van der Waals surface area (Å²) in [7, 11) is 0. The van der Waals surface area contributed by atoms with Gasteiger partial charge in [-0.3, -0.25) is 9.78 Å². The van der Waals surface area contributed by atoms with E-state index >= 15 is 0 Å². The van der Waals surface area contributed by atoms with Gasteiger partial charge in [-0.25, -0.2) is 4.79 Å². The van der Waals surface area contributed by atoms with Crippen LogP contribution in [0.4, 0.5) is 4.79 Å². The van der Waals surface area contributed by atoms with Crippen LogP contribution in [0.5, 0.6) is 0 Å². The molecule has 1 aromatic heterocycles. The smallest absolute Gasteiger partial charge is 0.410 e. The molecule has 0 radical (unpaired) electrons. The molecule has 124 valence electrons. The van der Waals surface area contributed by atoms with E-state index in [1.165, 1.54) is 5.56 Å². The number of likely N-dealkylation sites (tertiary alicyclic amines) is 1. The first-order chi connectivity index (χ1) is 10.8. The van der Waals surface area contributed by atoms with Gasteiger partial charge in [0.05, 0.1) is 11.6 Å². The maximum absolute atomic E-state index is 12.8. The normalized spacial score (nSPS) is 23.7. The van der Waals surface area contributed by atoms with Crippen molar-refractivity contribution in [3.05, 3.63) is 29.6 Å². The van der Waals surface area contributed by atoms with E-state index in [1.54, 1.807) is 11.1 Å². The minimum Gasteiger partial charge on any atom is -0.444 e. The average Bonchev–Trinajstić information content (AvgIpc) is 3.12. The predicted octanol–water partition coefficient (Wildman–Crippen LogP) is 2.94. The Bertz CT molecular complexity index is 621. The lowest BCUT2D eigenvalue weighted by Crippen LogP contribution is -2.36. The van der Waals surface area contributed by atoms with E-state index in [0.29, 0.717) is 13.1 Å². The third-order valence-electron chi connectivity index (χ3n) is 4.54. The maximum atomic E-state index is 12.8. The van der Waals surface area contributed by atoms with Crippen molar-refractivity contribution in [2.45, 2.75) is 51.6 Å². The van der Waals surface area contributed by atoms with Crippen molar-refractivity contribution in [1.82, 2.24) is 9.88 Å². The summed E-state index contributed by atoms with van der Waals surface area (Å²) in [5.74, 6) is 0.0313. The van der Waals surface area contributed by atoms with Crippen LogP contribution in [0.15, 0.2) is 18.3 Å². The highest BCUT2D eigenvalue weighted by molar-refractivity contribution is 5.89. The van der Waals surface area contributed by atoms with Gasteiger partial charge in [0.2, 0.25) is 0 Å². The SMILES string of the molecule is CC(C)(C)OC(=O)N1CCC(C(=O)C2CCc3cccnc32)C1. The van der Waals surface area contributed by atoms with Gasteiger partial charge in [0.25, 0.3) is 0 Å². The maximum Gasteiger partial charge on any atom is 0.410 e. The lowest BCUT2D eigenvalue weighted by Gasteiger charge is -2.24. The van der Waals surface area contributed by atoms with Crippen LogP contribution in [0.1, 0.15) is 50.8 Å². The third-order valence-corrected chi connectivity index (χ3v) is 4.54. The van der Waals surface area contributed by atoms with Crippen molar-refractivity contribution in [1.29, 1.82) is 0 Å². The molecule has 1 saturated heterocycles. The van der Waals surface area contributed by atoms with Gasteiger partial charge in [0.15, 0.2) is 0 Å². The van der Waals surface area contributed by atoms with E-state index in [4.69, 9.17) is 4.74 Å². The van der Waals surface area contributed by atoms with Crippen LogP contribution >= 0.6 is 0 Å². The molecule has 2 atom stereocenters. The minimum absolute atomic E-state index is 0.0968. The minimum atomic E-state index is -0.506. The number of hydrogen-bond donors (Lipinski definition) is 0. The van der Waals surface area contributed by atoms with Gasteiger partial charge in [0, 0.05) is 25.2 Å². The molecular formula is C18H24N2O3. The molecule has 1 aliphatic heterocycles. The summed E-state index contributed by atoms with van der Waals surface area (Å²) in [5.41, 5.74) is 1.62. The summed E-state index contributed by atoms with van der Waals surface area (Å²) in [4.78, 5) is 31.0. The number of hydrogen-bond acceptors (Lipinski definition) is 4. The van der Waals surface area contributed by atoms with Gasteiger partial charge in [-0.15, -0.1) is 0 Å². The Morgan fingerprint density at radius 2 is 2.09 bits per heavy atom. The summed E-state index contributed by atoms with van der Waals surface area (Å²) in [6, 6.07) is 3.97. The first-order valence-corrected chi connectivity index (χ1v) is 8.30. The van der Waals surface area contributed by atoms with Crippen molar-refractivity contribution in [3.63, 3.8) is 0 Å². The second-order valence-corrected chi connectivity index (χ2v) is 7.45. The molecule has 1 fully saturated rings. The van der Waals surface area contributed by atoms with Crippen molar-refractivity contribution in [3.8, 4) is 0 Å². The van der Waals surface area contributed by atoms with Gasteiger partial charge in [-0.1, -0.05) is 6.07 Å². The van der Waals surface area contributed by atoms with Crippen molar-refractivity contribution in [2.24, 2.45) is 5.92 Å². The number of ether oxygens (including phenoxy) is 1. The van der Waals surface area contributed by atoms with E-state index in [9.17, 15) is 9.59 Å². The fraction of sp³-hybridized carbons (Fsp3) is 0.611. The molecule has 23 heavy (non-hydrogen) atoms. The zero-order valence-electron chi connectivity index (χ0n) is 14.0. The van der Waals surface area contributed by atoms with Crippen molar-refractivity contribution >= 4 is 11.9 Å². The Hall–Kier alpha value is -1.91. The second-order valence-electron chi connectivity index (χ2n) is 7.45. The van der Waals surface area contributed by atoms with Gasteiger partial charge >= 0.3 is 6.09 Å². The molecule has 0 spiro atoms. The molecule has 0 saturated carbocycles. The second kappa shape index (κ2) is 5.95. The molecule has 1 aliphatic carbocycles. The number of pyridine rings is 1. The van der Waals surface area contributed by atoms with E-state index in [-0.39, 0.29) is 23.7 Å². The van der Waals surface area contributed by atoms with Crippen LogP contribution < -0.4 is 0 Å². The van der Waals surface area contributed by atoms with Crippen LogP contribution in [-0.4, -0.2) is 40.5 Å². The van der Waals surface area contributed by atoms with Gasteiger partial charge < -0.3 is 9.64 Å². The van der Waals surface area contributed by atoms with E-state index in [2.05, 4.69) is 11.1 Å². The number of aromatic nitrogens is 1. The molecule has 1 amide bonds. The number of carbonyl (C=O) groups excluding carboxylic acids is 2. The Morgan fingerprint density at radius 1 is 1.30 bits per heavy atom. The topological polar surface area (TPSA) is 59.5 Å². The Morgan fingerprint density at radius 3 is 2.83 bits per heavy atom. The van der Waals surface area contributed by atoms with Crippen molar-refractivity contribution < 1.29 is 14.3 Å². The van der Waals surface area contributed by atoms with Crippen LogP contribution in [0.2, 0.25) is 0 Å². The van der Waals surface area contributed by atoms with Crippen LogP contribution in [0, 0.1) is 5.92 Å². The average molecular weight is 316 g/mol. The van der Waals surface area contributed by atoms with E-state index in [1.807, 2.05) is 26.8 Å². The first-order valence-electron chi connectivity index (χ1n) is 8.30. The van der Waals surface area contributed by atoms with Gasteiger partial charge in [-0.2, -0.15) is 0 Å². The lowest BCUT2D eigenvalue weighted by molar-refractivity contribution is -0.124. The zero-order chi connectivity index (χ0) is 16.6. The monoisotopic (exact) mass is 316 g/mol. The fourth-order valence-electron chi connectivity index (χ4n) is 3.46. The Labute approximate surface area is 137 Å². The number of aryl methyl sites for hydroxylation is 1. The molecule has 0 bridgehead atoms. The molecule has 2 heterocycles. The summed E-state index contributed by atoms with van der Waals surface area (Å²) in [6.07, 6.45) is 3.91. The highest BCUT2D eigenvalue weighted by atomic mass is 16.6. The summed E-state index contributed by atoms with van der Waals surface area (Å²) >= 11 is 0. The molecule has 0 aromatic carbocycles. The molecular weight excluding hydrogens is 292 g/mol. The van der Waals surface area contributed by atoms with Gasteiger partial charge in [0.1, 0.15) is 11.4 Å². The fourth-order valence-corrected chi connectivity index (χ4v) is 3.46. The van der Waals surface area contributed by atoms with Gasteiger partial charge in [-0.05, 0) is 51.7 Å². The highest BCUT2D eigenvalue weighted by Crippen LogP contribution is 2.35. The molecule has 0 N–H and O–H groups in total. The predicted molar refractivity (Wildman–Crippen MR) is 86.2 cm³/mol. The molecule has 3 rings (SSSR count). The van der Waals surface area contributed by atoms with Crippen LogP contribution in [-0.2, 0) is 16.0 Å². The standard InChI is InChI=1S/C18H24N2O3/c1-18(2,3)23-17(22)20-10-8-13(11-20)16(21)14-7-6-12-5-4-9-19-15(12)14/h4-5,9,13-14H,6-8,10-11H2,1-3H3. The summed E-state index contributed by atoms with van der Waals surface area (Å²) < 4.78 is 5.39. The van der Waals surface area contributed by atoms with Crippen molar-refractivity contribution in [2.75, 3.05) is 13.1 Å². The number of carbonyl (C=O) groups is 2. The number of rotatable bonds is 2. The molecule has 5 nitrogen and oxygen atoms in total. The van der Waals surface area contributed by atoms with E-state index in [0.717, 1.165) is 25.0 Å². The first kappa shape index (κ1) is 16.0. The van der Waals surface area contributed by atoms with Crippen LogP contribution in [0.25, 0.3) is 0 Å². The highest BCUT2D eigenvalue weighted by Gasteiger charge is 2.39. The summed E-state index contributed by atoms with van der Waals surface area (Å²) in [5, 5.41) is 0. The third kappa shape index (κ3) is 3.38. The Balaban J connectivity index is 1.64. The lowest BCUT2D eigenvalue weighted by atomic mass is 9.90. The number of fused-ring (bicyclic) bond motifs is 1. The zero-order valence-corrected chi connectivity index (χ0v) is 14.0. The number of nitrogens with zero attached hydrogens (tertiary/aromatic N) is 2. The quantitative estimate of drug-likeness (QED) is 0.841. The summed E-state index contributed by atoms with van der Waals surface area (Å²) in [6.45, 7) is 6.61. The number of ketones is 1. The molecule has 5 heteroatoms. The Kier molecular flexibility index (Phi) is 4.13. The number of amides is 1. The largest absolute Gasteiger partial charge is 0.444 e. The molecule has 2 unspecified atom stereocenters.